The molecule has 1 aromatic rings. The molecule has 5 fully saturated rings. The van der Waals surface area contributed by atoms with Crippen molar-refractivity contribution in [1.82, 2.24) is 14.9 Å². The molecule has 1 amide bonds. The van der Waals surface area contributed by atoms with E-state index in [-0.39, 0.29) is 39.1 Å². The van der Waals surface area contributed by atoms with Crippen LogP contribution in [-0.4, -0.2) is 39.2 Å². The number of carboxylic acids is 1. The molecule has 0 saturated heterocycles. The van der Waals surface area contributed by atoms with E-state index >= 15 is 0 Å². The molecule has 2 N–H and O–H groups in total. The number of aryl methyl sites for hydroxylation is 1. The van der Waals surface area contributed by atoms with Crippen LogP contribution >= 0.6 is 0 Å². The summed E-state index contributed by atoms with van der Waals surface area (Å²) in [6.45, 7) is 28.9. The molecule has 7 heteroatoms. The van der Waals surface area contributed by atoms with Crippen LogP contribution < -0.4 is 5.32 Å². The average Bonchev–Trinajstić information content (AvgIpc) is 3.69. The molecule has 0 spiro atoms. The Labute approximate surface area is 308 Å². The quantitative estimate of drug-likeness (QED) is 0.128. The van der Waals surface area contributed by atoms with Crippen molar-refractivity contribution in [2.24, 2.45) is 62.1 Å². The molecule has 5 aliphatic rings. The first-order valence-electron chi connectivity index (χ1n) is 20.3. The van der Waals surface area contributed by atoms with Gasteiger partial charge in [0, 0.05) is 43.7 Å². The minimum Gasteiger partial charge on any atom is -0.495 e. The van der Waals surface area contributed by atoms with E-state index < -0.39 is 11.4 Å². The van der Waals surface area contributed by atoms with Crippen molar-refractivity contribution in [1.29, 1.82) is 0 Å². The van der Waals surface area contributed by atoms with Crippen LogP contribution in [0.1, 0.15) is 139 Å². The first kappa shape index (κ1) is 38.2. The standard InChI is InChI=1S/C44H69N3O4/c1-29(2)31-14-19-44(27-36(48)46-22-11-24-47-25-23-45-28-47)21-20-42(9)32(37(31)44)12-13-34-41(8)17-16-35(51-30(3)26-39(4,5)38(49)50)40(6,7)33(41)15-18-43(34,42)10/h23,25,28,31-35,37H,1,3,11-22,24,26-27H2,2,4-10H3,(H,46,48)(H,49,50)/t31-,32+,33-,34+,35-,37+,41-,42+,43+,44+/m0/s1. The second-order valence-corrected chi connectivity index (χ2v) is 20.1. The van der Waals surface area contributed by atoms with Crippen molar-refractivity contribution in [2.75, 3.05) is 6.54 Å². The summed E-state index contributed by atoms with van der Waals surface area (Å²) in [4.78, 5) is 29.6. The highest BCUT2D eigenvalue weighted by Crippen LogP contribution is 2.78. The van der Waals surface area contributed by atoms with Gasteiger partial charge in [0.05, 0.1) is 17.5 Å². The topological polar surface area (TPSA) is 93.5 Å². The zero-order valence-electron chi connectivity index (χ0n) is 33.3. The Kier molecular flexibility index (Phi) is 10.0. The first-order valence-corrected chi connectivity index (χ1v) is 20.3. The summed E-state index contributed by atoms with van der Waals surface area (Å²) in [5, 5.41) is 13.0. The van der Waals surface area contributed by atoms with Gasteiger partial charge in [-0.05, 0) is 143 Å². The smallest absolute Gasteiger partial charge is 0.309 e. The minimum atomic E-state index is -0.893. The summed E-state index contributed by atoms with van der Waals surface area (Å²) in [7, 11) is 0. The zero-order valence-corrected chi connectivity index (χ0v) is 33.3. The minimum absolute atomic E-state index is 0.0350. The Morgan fingerprint density at radius 3 is 2.37 bits per heavy atom. The van der Waals surface area contributed by atoms with E-state index in [0.29, 0.717) is 54.7 Å². The fourth-order valence-electron chi connectivity index (χ4n) is 13.9. The molecule has 1 aromatic heterocycles. The third kappa shape index (κ3) is 6.32. The second kappa shape index (κ2) is 13.4. The van der Waals surface area contributed by atoms with Crippen molar-refractivity contribution in [3.63, 3.8) is 0 Å². The fourth-order valence-corrected chi connectivity index (χ4v) is 13.9. The number of hydrogen-bond acceptors (Lipinski definition) is 4. The van der Waals surface area contributed by atoms with Gasteiger partial charge in [0.15, 0.2) is 0 Å². The normalized spacial score (nSPS) is 39.8. The maximum atomic E-state index is 13.7. The van der Waals surface area contributed by atoms with E-state index in [9.17, 15) is 14.7 Å². The van der Waals surface area contributed by atoms with Gasteiger partial charge in [-0.2, -0.15) is 0 Å². The number of carboxylic acid groups (broad SMARTS) is 1. The Morgan fingerprint density at radius 2 is 1.71 bits per heavy atom. The summed E-state index contributed by atoms with van der Waals surface area (Å²) >= 11 is 0. The Balaban J connectivity index is 1.19. The average molecular weight is 704 g/mol. The van der Waals surface area contributed by atoms with Crippen molar-refractivity contribution < 1.29 is 19.4 Å². The van der Waals surface area contributed by atoms with Crippen molar-refractivity contribution in [2.45, 2.75) is 152 Å². The van der Waals surface area contributed by atoms with Gasteiger partial charge in [0.25, 0.3) is 0 Å². The molecule has 51 heavy (non-hydrogen) atoms. The molecule has 0 aliphatic heterocycles. The lowest BCUT2D eigenvalue weighted by atomic mass is 9.32. The number of carbonyl (C=O) groups excluding carboxylic acids is 1. The Hall–Kier alpha value is -2.57. The number of fused-ring (bicyclic) bond motifs is 7. The van der Waals surface area contributed by atoms with E-state index in [0.717, 1.165) is 38.6 Å². The molecule has 1 heterocycles. The lowest BCUT2D eigenvalue weighted by molar-refractivity contribution is -0.249. The lowest BCUT2D eigenvalue weighted by Gasteiger charge is -2.73. The highest BCUT2D eigenvalue weighted by atomic mass is 16.5. The third-order valence-corrected chi connectivity index (χ3v) is 16.7. The van der Waals surface area contributed by atoms with Crippen LogP contribution in [-0.2, 0) is 20.9 Å². The summed E-state index contributed by atoms with van der Waals surface area (Å²) in [6.07, 6.45) is 19.3. The van der Waals surface area contributed by atoms with E-state index in [1.165, 1.54) is 44.1 Å². The summed E-state index contributed by atoms with van der Waals surface area (Å²) in [5.74, 6) is 2.85. The van der Waals surface area contributed by atoms with Gasteiger partial charge in [-0.1, -0.05) is 53.3 Å². The molecular weight excluding hydrogens is 635 g/mol. The van der Waals surface area contributed by atoms with Crippen molar-refractivity contribution in [3.05, 3.63) is 43.2 Å². The number of ether oxygens (including phenoxy) is 1. The van der Waals surface area contributed by atoms with Gasteiger partial charge in [-0.15, -0.1) is 0 Å². The molecule has 10 atom stereocenters. The van der Waals surface area contributed by atoms with Gasteiger partial charge >= 0.3 is 5.97 Å². The Morgan fingerprint density at radius 1 is 0.961 bits per heavy atom. The zero-order chi connectivity index (χ0) is 37.2. The van der Waals surface area contributed by atoms with Gasteiger partial charge in [-0.3, -0.25) is 9.59 Å². The maximum absolute atomic E-state index is 13.7. The van der Waals surface area contributed by atoms with Crippen LogP contribution in [0.5, 0.6) is 0 Å². The summed E-state index contributed by atoms with van der Waals surface area (Å²) in [6, 6.07) is 0. The number of amides is 1. The number of aromatic nitrogens is 2. The molecule has 0 radical (unpaired) electrons. The fraction of sp³-hybridized carbons (Fsp3) is 0.795. The molecule has 7 nitrogen and oxygen atoms in total. The molecular formula is C44H69N3O4. The van der Waals surface area contributed by atoms with E-state index in [4.69, 9.17) is 4.74 Å². The predicted octanol–water partition coefficient (Wildman–Crippen LogP) is 9.84. The number of nitrogens with one attached hydrogen (secondary N) is 1. The number of nitrogens with zero attached hydrogens (tertiary/aromatic N) is 2. The van der Waals surface area contributed by atoms with E-state index in [1.54, 1.807) is 20.0 Å². The Bertz CT molecular complexity index is 1500. The molecule has 284 valence electrons. The molecule has 6 rings (SSSR count). The molecule has 0 unspecified atom stereocenters. The number of aliphatic carboxylic acids is 1. The highest BCUT2D eigenvalue weighted by molar-refractivity contribution is 5.77. The van der Waals surface area contributed by atoms with Crippen LogP contribution in [0.15, 0.2) is 43.2 Å². The molecule has 0 bridgehead atoms. The van der Waals surface area contributed by atoms with Crippen molar-refractivity contribution in [3.8, 4) is 0 Å². The van der Waals surface area contributed by atoms with Crippen LogP contribution in [0, 0.1) is 62.1 Å². The third-order valence-electron chi connectivity index (χ3n) is 16.7. The van der Waals surface area contributed by atoms with E-state index in [2.05, 4.69) is 69.6 Å². The number of rotatable bonds is 12. The van der Waals surface area contributed by atoms with Crippen LogP contribution in [0.25, 0.3) is 0 Å². The summed E-state index contributed by atoms with van der Waals surface area (Å²) < 4.78 is 8.70. The largest absolute Gasteiger partial charge is 0.495 e. The van der Waals surface area contributed by atoms with Crippen LogP contribution in [0.3, 0.4) is 0 Å². The van der Waals surface area contributed by atoms with Gasteiger partial charge in [0.1, 0.15) is 6.10 Å². The van der Waals surface area contributed by atoms with Crippen LogP contribution in [0.2, 0.25) is 0 Å². The van der Waals surface area contributed by atoms with Gasteiger partial charge < -0.3 is 19.7 Å². The van der Waals surface area contributed by atoms with Crippen LogP contribution in [0.4, 0.5) is 0 Å². The molecule has 5 aliphatic carbocycles. The highest BCUT2D eigenvalue weighted by Gasteiger charge is 2.71. The lowest BCUT2D eigenvalue weighted by Crippen LogP contribution is -2.66. The summed E-state index contributed by atoms with van der Waals surface area (Å²) in [5.41, 5.74) is 1.16. The second-order valence-electron chi connectivity index (χ2n) is 20.1. The number of imidazole rings is 1. The van der Waals surface area contributed by atoms with E-state index in [1.807, 2.05) is 12.5 Å². The predicted molar refractivity (Wildman–Crippen MR) is 203 cm³/mol. The molecule has 5 saturated carbocycles. The monoisotopic (exact) mass is 704 g/mol. The SMILES string of the molecule is C=C(CC(C)(C)C(=O)O)O[C@H]1CC[C@]2(C)[C@H]3CC[C@@H]4[C@H]5[C@H](C(=C)C)CC[C@]5(CC(=O)NCCCn5ccnc5)CC[C@@]4(C)[C@]3(C)CC[C@H]2C1(C)C. The number of carbonyl (C=O) groups is 2. The van der Waals surface area contributed by atoms with Crippen molar-refractivity contribution >= 4 is 11.9 Å². The number of hydrogen-bond donors (Lipinski definition) is 2. The maximum Gasteiger partial charge on any atom is 0.309 e. The first-order chi connectivity index (χ1) is 23.8. The number of allylic oxidation sites excluding steroid dienone is 2. The van der Waals surface area contributed by atoms with Gasteiger partial charge in [0.2, 0.25) is 5.91 Å². The molecule has 0 aromatic carbocycles. The van der Waals surface area contributed by atoms with Gasteiger partial charge in [-0.25, -0.2) is 4.98 Å².